The summed E-state index contributed by atoms with van der Waals surface area (Å²) in [5, 5.41) is 3.05. The Hall–Kier alpha value is -0.610. The molecule has 1 rings (SSSR count). The van der Waals surface area contributed by atoms with Crippen LogP contribution in [0.4, 0.5) is 0 Å². The fourth-order valence-corrected chi connectivity index (χ4v) is 2.91. The average molecular weight is 256 g/mol. The highest BCUT2D eigenvalue weighted by Crippen LogP contribution is 2.21. The van der Waals surface area contributed by atoms with Gasteiger partial charge in [0.25, 0.3) is 0 Å². The first-order valence-corrected chi connectivity index (χ1v) is 7.13. The summed E-state index contributed by atoms with van der Waals surface area (Å²) < 4.78 is 5.06. The van der Waals surface area contributed by atoms with Crippen molar-refractivity contribution in [3.8, 4) is 0 Å². The van der Waals surface area contributed by atoms with Crippen molar-refractivity contribution in [3.05, 3.63) is 0 Å². The second-order valence-electron chi connectivity index (χ2n) is 5.59. The standard InChI is InChI=1S/C14H28N2O2/c1-5-18-14(17)13(15-4)6-7-16-9-11(2)8-12(3)10-16/h11-13,15H,5-10H2,1-4H3. The van der Waals surface area contributed by atoms with Crippen molar-refractivity contribution < 1.29 is 9.53 Å². The molecule has 0 aromatic carbocycles. The number of carbonyl (C=O) groups is 1. The summed E-state index contributed by atoms with van der Waals surface area (Å²) in [6.07, 6.45) is 2.15. The zero-order valence-corrected chi connectivity index (χ0v) is 12.2. The van der Waals surface area contributed by atoms with Crippen LogP contribution < -0.4 is 5.32 Å². The summed E-state index contributed by atoms with van der Waals surface area (Å²) in [6.45, 7) is 10.2. The number of nitrogens with zero attached hydrogens (tertiary/aromatic N) is 1. The number of hydrogen-bond acceptors (Lipinski definition) is 4. The molecule has 3 atom stereocenters. The summed E-state index contributed by atoms with van der Waals surface area (Å²) in [7, 11) is 1.82. The lowest BCUT2D eigenvalue weighted by atomic mass is 9.92. The van der Waals surface area contributed by atoms with Crippen LogP contribution in [0.3, 0.4) is 0 Å². The number of nitrogens with one attached hydrogen (secondary N) is 1. The summed E-state index contributed by atoms with van der Waals surface area (Å²) in [6, 6.07) is -0.169. The zero-order valence-electron chi connectivity index (χ0n) is 12.2. The topological polar surface area (TPSA) is 41.6 Å². The summed E-state index contributed by atoms with van der Waals surface area (Å²) in [5.41, 5.74) is 0. The third kappa shape index (κ3) is 4.94. The molecule has 1 fully saturated rings. The van der Waals surface area contributed by atoms with Crippen molar-refractivity contribution in [3.63, 3.8) is 0 Å². The van der Waals surface area contributed by atoms with Crippen LogP contribution in [0, 0.1) is 11.8 Å². The maximum atomic E-state index is 11.7. The monoisotopic (exact) mass is 256 g/mol. The molecule has 106 valence electrons. The molecule has 0 radical (unpaired) electrons. The predicted molar refractivity (Wildman–Crippen MR) is 73.5 cm³/mol. The Kier molecular flexibility index (Phi) is 6.65. The van der Waals surface area contributed by atoms with E-state index in [1.54, 1.807) is 0 Å². The Labute approximate surface area is 111 Å². The van der Waals surface area contributed by atoms with Gasteiger partial charge in [0.1, 0.15) is 6.04 Å². The van der Waals surface area contributed by atoms with E-state index in [4.69, 9.17) is 4.74 Å². The molecule has 0 aromatic rings. The van der Waals surface area contributed by atoms with Gasteiger partial charge >= 0.3 is 5.97 Å². The first-order chi connectivity index (χ1) is 8.56. The van der Waals surface area contributed by atoms with E-state index in [1.165, 1.54) is 6.42 Å². The lowest BCUT2D eigenvalue weighted by Gasteiger charge is -2.35. The van der Waals surface area contributed by atoms with Crippen LogP contribution in [0.5, 0.6) is 0 Å². The second-order valence-corrected chi connectivity index (χ2v) is 5.59. The summed E-state index contributed by atoms with van der Waals surface area (Å²) in [4.78, 5) is 14.1. The molecule has 3 unspecified atom stereocenters. The Morgan fingerprint density at radius 2 is 2.00 bits per heavy atom. The van der Waals surface area contributed by atoms with Crippen LogP contribution in [-0.4, -0.2) is 50.2 Å². The molecule has 0 spiro atoms. The van der Waals surface area contributed by atoms with Gasteiger partial charge < -0.3 is 15.0 Å². The van der Waals surface area contributed by atoms with Crippen molar-refractivity contribution in [2.24, 2.45) is 11.8 Å². The highest BCUT2D eigenvalue weighted by Gasteiger charge is 2.24. The maximum Gasteiger partial charge on any atom is 0.323 e. The molecule has 0 bridgehead atoms. The minimum Gasteiger partial charge on any atom is -0.465 e. The fourth-order valence-electron chi connectivity index (χ4n) is 2.91. The van der Waals surface area contributed by atoms with E-state index in [-0.39, 0.29) is 12.0 Å². The lowest BCUT2D eigenvalue weighted by Crippen LogP contribution is -2.43. The number of ether oxygens (including phenoxy) is 1. The minimum atomic E-state index is -0.169. The molecule has 1 N–H and O–H groups in total. The molecule has 1 aliphatic heterocycles. The SMILES string of the molecule is CCOC(=O)C(CCN1CC(C)CC(C)C1)NC. The van der Waals surface area contributed by atoms with Gasteiger partial charge in [-0.25, -0.2) is 0 Å². The number of carbonyl (C=O) groups excluding carboxylic acids is 1. The Morgan fingerprint density at radius 1 is 1.39 bits per heavy atom. The van der Waals surface area contributed by atoms with Crippen molar-refractivity contribution in [2.45, 2.75) is 39.7 Å². The second kappa shape index (κ2) is 7.74. The van der Waals surface area contributed by atoms with Gasteiger partial charge in [0.05, 0.1) is 6.61 Å². The largest absolute Gasteiger partial charge is 0.465 e. The van der Waals surface area contributed by atoms with E-state index < -0.39 is 0 Å². The van der Waals surface area contributed by atoms with E-state index >= 15 is 0 Å². The highest BCUT2D eigenvalue weighted by molar-refractivity contribution is 5.75. The quantitative estimate of drug-likeness (QED) is 0.731. The number of likely N-dealkylation sites (N-methyl/N-ethyl adjacent to an activating group) is 1. The minimum absolute atomic E-state index is 0.127. The van der Waals surface area contributed by atoms with Crippen molar-refractivity contribution in [2.75, 3.05) is 33.3 Å². The molecule has 1 heterocycles. The number of rotatable bonds is 6. The Morgan fingerprint density at radius 3 is 2.50 bits per heavy atom. The van der Waals surface area contributed by atoms with Crippen molar-refractivity contribution >= 4 is 5.97 Å². The molecular weight excluding hydrogens is 228 g/mol. The van der Waals surface area contributed by atoms with Crippen LogP contribution in [-0.2, 0) is 9.53 Å². The zero-order chi connectivity index (χ0) is 13.5. The molecule has 1 saturated heterocycles. The summed E-state index contributed by atoms with van der Waals surface area (Å²) in [5.74, 6) is 1.41. The van der Waals surface area contributed by atoms with Gasteiger partial charge in [-0.15, -0.1) is 0 Å². The maximum absolute atomic E-state index is 11.7. The molecule has 0 amide bonds. The molecule has 0 aromatic heterocycles. The molecule has 0 aliphatic carbocycles. The van der Waals surface area contributed by atoms with Crippen LogP contribution in [0.25, 0.3) is 0 Å². The van der Waals surface area contributed by atoms with Gasteiger partial charge in [0.15, 0.2) is 0 Å². The molecule has 0 saturated carbocycles. The average Bonchev–Trinajstić information content (AvgIpc) is 2.29. The van der Waals surface area contributed by atoms with E-state index in [0.717, 1.165) is 37.9 Å². The Balaban J connectivity index is 2.35. The first kappa shape index (κ1) is 15.4. The van der Waals surface area contributed by atoms with Crippen LogP contribution >= 0.6 is 0 Å². The van der Waals surface area contributed by atoms with Gasteiger partial charge in [-0.3, -0.25) is 4.79 Å². The molecule has 18 heavy (non-hydrogen) atoms. The van der Waals surface area contributed by atoms with Crippen molar-refractivity contribution in [1.29, 1.82) is 0 Å². The van der Waals surface area contributed by atoms with Gasteiger partial charge in [-0.1, -0.05) is 13.8 Å². The van der Waals surface area contributed by atoms with E-state index in [9.17, 15) is 4.79 Å². The third-order valence-electron chi connectivity index (χ3n) is 3.60. The Bertz CT molecular complexity index is 248. The van der Waals surface area contributed by atoms with Crippen LogP contribution in [0.1, 0.15) is 33.6 Å². The number of esters is 1. The number of hydrogen-bond donors (Lipinski definition) is 1. The molecule has 4 heteroatoms. The highest BCUT2D eigenvalue weighted by atomic mass is 16.5. The molecule has 4 nitrogen and oxygen atoms in total. The fraction of sp³-hybridized carbons (Fsp3) is 0.929. The predicted octanol–water partition coefficient (Wildman–Crippen LogP) is 1.51. The smallest absolute Gasteiger partial charge is 0.323 e. The van der Waals surface area contributed by atoms with Gasteiger partial charge in [-0.05, 0) is 38.6 Å². The van der Waals surface area contributed by atoms with Gasteiger partial charge in [-0.2, -0.15) is 0 Å². The number of likely N-dealkylation sites (tertiary alicyclic amines) is 1. The van der Waals surface area contributed by atoms with Gasteiger partial charge in [0.2, 0.25) is 0 Å². The molecule has 1 aliphatic rings. The lowest BCUT2D eigenvalue weighted by molar-refractivity contribution is -0.145. The third-order valence-corrected chi connectivity index (χ3v) is 3.60. The van der Waals surface area contributed by atoms with Gasteiger partial charge in [0, 0.05) is 19.6 Å². The van der Waals surface area contributed by atoms with Crippen LogP contribution in [0.2, 0.25) is 0 Å². The summed E-state index contributed by atoms with van der Waals surface area (Å²) >= 11 is 0. The first-order valence-electron chi connectivity index (χ1n) is 7.13. The van der Waals surface area contributed by atoms with Crippen molar-refractivity contribution in [1.82, 2.24) is 10.2 Å². The van der Waals surface area contributed by atoms with E-state index in [0.29, 0.717) is 6.61 Å². The van der Waals surface area contributed by atoms with E-state index in [1.807, 2.05) is 14.0 Å². The normalized spacial score (nSPS) is 26.9. The van der Waals surface area contributed by atoms with Crippen LogP contribution in [0.15, 0.2) is 0 Å². The number of piperidine rings is 1. The van der Waals surface area contributed by atoms with E-state index in [2.05, 4.69) is 24.1 Å². The molecular formula is C14H28N2O2.